The first-order valence-electron chi connectivity index (χ1n) is 8.80. The van der Waals surface area contributed by atoms with Gasteiger partial charge in [-0.2, -0.15) is 0 Å². The second-order valence-electron chi connectivity index (χ2n) is 6.46. The standard InChI is InChI=1S/C18H25NO7/c1-4-25-16-11(24-3)7-8-9-6-10(20)14(21)15(22)13(9)19-18(23)12(8)17(16)26-5-2/h7,9-10,13-15,20-22H,4-6H2,1-3H3,(H,19,23). The third-order valence-corrected chi connectivity index (χ3v) is 4.99. The highest BCUT2D eigenvalue weighted by Gasteiger charge is 2.49. The lowest BCUT2D eigenvalue weighted by molar-refractivity contribution is -0.104. The summed E-state index contributed by atoms with van der Waals surface area (Å²) in [5, 5.41) is 33.1. The topological polar surface area (TPSA) is 117 Å². The number of rotatable bonds is 5. The molecule has 8 heteroatoms. The Kier molecular flexibility index (Phi) is 5.27. The second kappa shape index (κ2) is 7.30. The van der Waals surface area contributed by atoms with Crippen molar-refractivity contribution in [2.45, 2.75) is 50.5 Å². The minimum atomic E-state index is -1.31. The number of hydrogen-bond donors (Lipinski definition) is 4. The third kappa shape index (κ3) is 2.87. The minimum Gasteiger partial charge on any atom is -0.493 e. The van der Waals surface area contributed by atoms with Gasteiger partial charge in [-0.1, -0.05) is 0 Å². The summed E-state index contributed by atoms with van der Waals surface area (Å²) in [5.41, 5.74) is 0.917. The highest BCUT2D eigenvalue weighted by molar-refractivity contribution is 6.01. The average Bonchev–Trinajstić information content (AvgIpc) is 2.62. The molecule has 1 aromatic rings. The fraction of sp³-hybridized carbons (Fsp3) is 0.611. The van der Waals surface area contributed by atoms with Crippen LogP contribution in [-0.2, 0) is 0 Å². The predicted octanol–water partition coefficient (Wildman–Crippen LogP) is 0.175. The van der Waals surface area contributed by atoms with Gasteiger partial charge in [0.05, 0.1) is 38.0 Å². The highest BCUT2D eigenvalue weighted by atomic mass is 16.5. The Bertz CT molecular complexity index is 693. The number of aliphatic hydroxyl groups excluding tert-OH is 3. The van der Waals surface area contributed by atoms with E-state index < -0.39 is 30.3 Å². The van der Waals surface area contributed by atoms with Gasteiger partial charge >= 0.3 is 0 Å². The van der Waals surface area contributed by atoms with Gasteiger partial charge in [0, 0.05) is 5.92 Å². The van der Waals surface area contributed by atoms with Gasteiger partial charge in [0.1, 0.15) is 12.2 Å². The van der Waals surface area contributed by atoms with E-state index in [-0.39, 0.29) is 18.1 Å². The number of hydrogen-bond acceptors (Lipinski definition) is 7. The van der Waals surface area contributed by atoms with Crippen molar-refractivity contribution in [3.05, 3.63) is 17.2 Å². The summed E-state index contributed by atoms with van der Waals surface area (Å²) in [6, 6.07) is 0.988. The van der Waals surface area contributed by atoms with Gasteiger partial charge in [-0.05, 0) is 31.9 Å². The van der Waals surface area contributed by atoms with E-state index in [4.69, 9.17) is 14.2 Å². The Morgan fingerprint density at radius 2 is 1.77 bits per heavy atom. The zero-order valence-electron chi connectivity index (χ0n) is 15.1. The number of fused-ring (bicyclic) bond motifs is 3. The number of carbonyl (C=O) groups excluding carboxylic acids is 1. The van der Waals surface area contributed by atoms with Crippen molar-refractivity contribution in [3.8, 4) is 17.2 Å². The van der Waals surface area contributed by atoms with Crippen LogP contribution in [0.25, 0.3) is 0 Å². The number of nitrogens with one attached hydrogen (secondary N) is 1. The van der Waals surface area contributed by atoms with Crippen LogP contribution >= 0.6 is 0 Å². The zero-order valence-corrected chi connectivity index (χ0v) is 15.1. The minimum absolute atomic E-state index is 0.193. The number of methoxy groups -OCH3 is 1. The van der Waals surface area contributed by atoms with E-state index in [0.717, 1.165) is 0 Å². The predicted molar refractivity (Wildman–Crippen MR) is 92.0 cm³/mol. The summed E-state index contributed by atoms with van der Waals surface area (Å²) in [7, 11) is 1.49. The Hall–Kier alpha value is -2.03. The van der Waals surface area contributed by atoms with Gasteiger partial charge in [-0.25, -0.2) is 0 Å². The van der Waals surface area contributed by atoms with Crippen LogP contribution < -0.4 is 19.5 Å². The van der Waals surface area contributed by atoms with Gasteiger partial charge in [-0.15, -0.1) is 0 Å². The largest absolute Gasteiger partial charge is 0.493 e. The van der Waals surface area contributed by atoms with Crippen molar-refractivity contribution in [2.24, 2.45) is 0 Å². The molecule has 0 aromatic heterocycles. The maximum atomic E-state index is 12.8. The summed E-state index contributed by atoms with van der Waals surface area (Å²) >= 11 is 0. The van der Waals surface area contributed by atoms with Crippen LogP contribution in [0.5, 0.6) is 17.2 Å². The van der Waals surface area contributed by atoms with E-state index in [1.165, 1.54) is 7.11 Å². The first-order chi connectivity index (χ1) is 12.4. The summed E-state index contributed by atoms with van der Waals surface area (Å²) in [4.78, 5) is 12.8. The molecule has 5 unspecified atom stereocenters. The van der Waals surface area contributed by atoms with E-state index in [2.05, 4.69) is 5.32 Å². The van der Waals surface area contributed by atoms with Crippen LogP contribution in [-0.4, -0.2) is 65.9 Å². The highest BCUT2D eigenvalue weighted by Crippen LogP contribution is 2.49. The van der Waals surface area contributed by atoms with E-state index >= 15 is 0 Å². The normalized spacial score (nSPS) is 30.1. The Balaban J connectivity index is 2.19. The number of ether oxygens (including phenoxy) is 3. The number of aliphatic hydroxyl groups is 3. The molecule has 1 heterocycles. The van der Waals surface area contributed by atoms with Gasteiger partial charge in [0.2, 0.25) is 5.75 Å². The Morgan fingerprint density at radius 1 is 1.12 bits per heavy atom. The molecular formula is C18H25NO7. The zero-order chi connectivity index (χ0) is 19.0. The number of benzene rings is 1. The van der Waals surface area contributed by atoms with Gasteiger partial charge in [-0.3, -0.25) is 4.79 Å². The van der Waals surface area contributed by atoms with Crippen molar-refractivity contribution in [2.75, 3.05) is 20.3 Å². The molecule has 4 N–H and O–H groups in total. The van der Waals surface area contributed by atoms with Crippen LogP contribution in [0.1, 0.15) is 42.1 Å². The van der Waals surface area contributed by atoms with Crippen LogP contribution in [0.2, 0.25) is 0 Å². The number of carbonyl (C=O) groups is 1. The third-order valence-electron chi connectivity index (χ3n) is 4.99. The molecule has 26 heavy (non-hydrogen) atoms. The van der Waals surface area contributed by atoms with Crippen molar-refractivity contribution in [3.63, 3.8) is 0 Å². The lowest BCUT2D eigenvalue weighted by atomic mass is 9.72. The molecule has 1 aliphatic heterocycles. The molecule has 8 nitrogen and oxygen atoms in total. The molecule has 0 saturated heterocycles. The molecule has 1 fully saturated rings. The van der Waals surface area contributed by atoms with Gasteiger partial charge < -0.3 is 34.8 Å². The molecule has 0 spiro atoms. The molecular weight excluding hydrogens is 342 g/mol. The molecule has 1 saturated carbocycles. The molecule has 0 bridgehead atoms. The van der Waals surface area contributed by atoms with Crippen LogP contribution in [0.3, 0.4) is 0 Å². The van der Waals surface area contributed by atoms with Crippen molar-refractivity contribution in [1.82, 2.24) is 5.32 Å². The lowest BCUT2D eigenvalue weighted by Crippen LogP contribution is -2.61. The molecule has 0 radical (unpaired) electrons. The maximum absolute atomic E-state index is 12.8. The van der Waals surface area contributed by atoms with Crippen molar-refractivity contribution in [1.29, 1.82) is 0 Å². The summed E-state index contributed by atoms with van der Waals surface area (Å²) in [6.07, 6.45) is -3.48. The van der Waals surface area contributed by atoms with E-state index in [9.17, 15) is 20.1 Å². The molecule has 1 aliphatic carbocycles. The molecule has 5 atom stereocenters. The second-order valence-corrected chi connectivity index (χ2v) is 6.46. The van der Waals surface area contributed by atoms with Gasteiger partial charge in [0.25, 0.3) is 5.91 Å². The molecule has 1 aromatic carbocycles. The quantitative estimate of drug-likeness (QED) is 0.586. The summed E-state index contributed by atoms with van der Waals surface area (Å²) < 4.78 is 16.8. The Morgan fingerprint density at radius 3 is 2.38 bits per heavy atom. The average molecular weight is 367 g/mol. The fourth-order valence-electron chi connectivity index (χ4n) is 3.83. The van der Waals surface area contributed by atoms with Crippen LogP contribution in [0.4, 0.5) is 0 Å². The molecule has 144 valence electrons. The Labute approximate surface area is 151 Å². The van der Waals surface area contributed by atoms with E-state index in [0.29, 0.717) is 35.8 Å². The van der Waals surface area contributed by atoms with Crippen molar-refractivity contribution < 1.29 is 34.3 Å². The molecule has 1 amide bonds. The number of amides is 1. The molecule has 2 aliphatic rings. The van der Waals surface area contributed by atoms with Crippen molar-refractivity contribution >= 4 is 5.91 Å². The summed E-state index contributed by atoms with van der Waals surface area (Å²) in [5.74, 6) is 0.240. The fourth-order valence-corrected chi connectivity index (χ4v) is 3.83. The van der Waals surface area contributed by atoms with Gasteiger partial charge in [0.15, 0.2) is 11.5 Å². The molecule has 3 rings (SSSR count). The first-order valence-corrected chi connectivity index (χ1v) is 8.80. The van der Waals surface area contributed by atoms with Crippen LogP contribution in [0.15, 0.2) is 6.07 Å². The van der Waals surface area contributed by atoms with E-state index in [1.807, 2.05) is 6.92 Å². The first kappa shape index (κ1) is 18.8. The maximum Gasteiger partial charge on any atom is 0.255 e. The lowest BCUT2D eigenvalue weighted by Gasteiger charge is -2.44. The summed E-state index contributed by atoms with van der Waals surface area (Å²) in [6.45, 7) is 4.31. The SMILES string of the molecule is CCOc1c(OC)cc2c(c1OCC)C(=O)NC1C2CC(O)C(O)C1O. The van der Waals surface area contributed by atoms with E-state index in [1.54, 1.807) is 13.0 Å². The smallest absolute Gasteiger partial charge is 0.255 e. The monoisotopic (exact) mass is 367 g/mol. The van der Waals surface area contributed by atoms with Crippen LogP contribution in [0, 0.1) is 0 Å².